The van der Waals surface area contributed by atoms with Crippen molar-refractivity contribution in [1.29, 1.82) is 0 Å². The van der Waals surface area contributed by atoms with Crippen LogP contribution in [0.25, 0.3) is 0 Å². The van der Waals surface area contributed by atoms with Gasteiger partial charge in [0.1, 0.15) is 5.75 Å². The van der Waals surface area contributed by atoms with Gasteiger partial charge in [0.15, 0.2) is 0 Å². The van der Waals surface area contributed by atoms with Crippen molar-refractivity contribution in [3.05, 3.63) is 53.9 Å². The molecule has 3 nitrogen and oxygen atoms in total. The first kappa shape index (κ1) is 12.8. The highest BCUT2D eigenvalue weighted by atomic mass is 19.3. The molecule has 3 rings (SSSR count). The van der Waals surface area contributed by atoms with Crippen LogP contribution in [0.2, 0.25) is 0 Å². The lowest BCUT2D eigenvalue weighted by atomic mass is 10.1. The molecular weight excluding hydrogens is 262 g/mol. The Labute approximate surface area is 115 Å². The van der Waals surface area contributed by atoms with Crippen LogP contribution in [0.5, 0.6) is 5.75 Å². The zero-order valence-corrected chi connectivity index (χ0v) is 10.7. The third kappa shape index (κ3) is 2.71. The van der Waals surface area contributed by atoms with Crippen LogP contribution in [-0.2, 0) is 12.8 Å². The summed E-state index contributed by atoms with van der Waals surface area (Å²) in [5.41, 5.74) is 2.86. The number of ether oxygens (including phenoxy) is 1. The number of nitrogens with one attached hydrogen (secondary N) is 1. The van der Waals surface area contributed by atoms with Crippen LogP contribution in [0, 0.1) is 0 Å². The molecule has 2 aromatic rings. The zero-order valence-electron chi connectivity index (χ0n) is 10.7. The number of halogens is 2. The van der Waals surface area contributed by atoms with Crippen molar-refractivity contribution in [2.45, 2.75) is 25.5 Å². The largest absolute Gasteiger partial charge is 0.435 e. The summed E-state index contributed by atoms with van der Waals surface area (Å²) in [4.78, 5) is 4.05. The van der Waals surface area contributed by atoms with Gasteiger partial charge >= 0.3 is 6.61 Å². The molecule has 1 heterocycles. The van der Waals surface area contributed by atoms with Crippen molar-refractivity contribution in [1.82, 2.24) is 4.98 Å². The molecule has 1 aromatic heterocycles. The molecule has 0 amide bonds. The van der Waals surface area contributed by atoms with Crippen LogP contribution in [-0.4, -0.2) is 17.6 Å². The van der Waals surface area contributed by atoms with Gasteiger partial charge in [-0.2, -0.15) is 8.78 Å². The first-order valence-electron chi connectivity index (χ1n) is 6.44. The van der Waals surface area contributed by atoms with Crippen LogP contribution in [0.1, 0.15) is 11.1 Å². The Hall–Kier alpha value is -2.17. The van der Waals surface area contributed by atoms with Gasteiger partial charge in [0.05, 0.1) is 5.69 Å². The summed E-state index contributed by atoms with van der Waals surface area (Å²) in [6.45, 7) is -2.79. The van der Waals surface area contributed by atoms with Gasteiger partial charge in [-0.15, -0.1) is 0 Å². The van der Waals surface area contributed by atoms with Crippen LogP contribution in [0.4, 0.5) is 14.5 Å². The van der Waals surface area contributed by atoms with E-state index in [0.29, 0.717) is 6.42 Å². The third-order valence-corrected chi connectivity index (χ3v) is 3.40. The molecule has 104 valence electrons. The van der Waals surface area contributed by atoms with Crippen LogP contribution < -0.4 is 10.1 Å². The van der Waals surface area contributed by atoms with Gasteiger partial charge in [-0.1, -0.05) is 12.1 Å². The normalized spacial score (nSPS) is 17.1. The Morgan fingerprint density at radius 3 is 2.85 bits per heavy atom. The van der Waals surface area contributed by atoms with Crippen LogP contribution in [0.15, 0.2) is 42.7 Å². The summed E-state index contributed by atoms with van der Waals surface area (Å²) >= 11 is 0. The minimum Gasteiger partial charge on any atom is -0.435 e. The second-order valence-corrected chi connectivity index (χ2v) is 4.76. The van der Waals surface area contributed by atoms with E-state index in [1.54, 1.807) is 24.5 Å². The summed E-state index contributed by atoms with van der Waals surface area (Å²) in [5, 5.41) is 3.36. The minimum atomic E-state index is -2.79. The Bertz CT molecular complexity index is 590. The molecule has 0 aliphatic heterocycles. The molecule has 1 N–H and O–H groups in total. The van der Waals surface area contributed by atoms with Crippen molar-refractivity contribution in [3.63, 3.8) is 0 Å². The molecule has 1 unspecified atom stereocenters. The second-order valence-electron chi connectivity index (χ2n) is 4.76. The van der Waals surface area contributed by atoms with E-state index in [-0.39, 0.29) is 11.8 Å². The number of hydrogen-bond acceptors (Lipinski definition) is 3. The maximum atomic E-state index is 12.4. The van der Waals surface area contributed by atoms with E-state index in [1.165, 1.54) is 0 Å². The lowest BCUT2D eigenvalue weighted by Gasteiger charge is -2.13. The smallest absolute Gasteiger partial charge is 0.387 e. The fourth-order valence-corrected chi connectivity index (χ4v) is 2.61. The summed E-state index contributed by atoms with van der Waals surface area (Å²) in [6, 6.07) is 9.28. The number of rotatable bonds is 4. The van der Waals surface area contributed by atoms with Gasteiger partial charge in [-0.3, -0.25) is 4.98 Å². The van der Waals surface area contributed by atoms with E-state index in [4.69, 9.17) is 0 Å². The first-order valence-corrected chi connectivity index (χ1v) is 6.44. The Morgan fingerprint density at radius 2 is 2.10 bits per heavy atom. The number of hydrogen-bond donors (Lipinski definition) is 1. The Kier molecular flexibility index (Phi) is 3.50. The van der Waals surface area contributed by atoms with E-state index >= 15 is 0 Å². The molecule has 5 heteroatoms. The van der Waals surface area contributed by atoms with Crippen molar-refractivity contribution >= 4 is 5.69 Å². The van der Waals surface area contributed by atoms with Crippen molar-refractivity contribution in [2.24, 2.45) is 0 Å². The van der Waals surface area contributed by atoms with Crippen LogP contribution in [0.3, 0.4) is 0 Å². The maximum Gasteiger partial charge on any atom is 0.387 e. The molecule has 0 saturated heterocycles. The van der Waals surface area contributed by atoms with Gasteiger partial charge in [0, 0.05) is 18.4 Å². The highest BCUT2D eigenvalue weighted by molar-refractivity contribution is 5.49. The Balaban J connectivity index is 1.75. The number of nitrogens with zero attached hydrogens (tertiary/aromatic N) is 1. The molecule has 0 spiro atoms. The molecule has 1 aliphatic rings. The van der Waals surface area contributed by atoms with Gasteiger partial charge in [-0.05, 0) is 42.2 Å². The maximum absolute atomic E-state index is 12.4. The fraction of sp³-hybridized carbons (Fsp3) is 0.267. The quantitative estimate of drug-likeness (QED) is 0.930. The molecule has 0 saturated carbocycles. The molecule has 0 radical (unpaired) electrons. The summed E-state index contributed by atoms with van der Waals surface area (Å²) in [5.74, 6) is 0.285. The average Bonchev–Trinajstić information content (AvgIpc) is 2.83. The average molecular weight is 276 g/mol. The number of alkyl halides is 2. The van der Waals surface area contributed by atoms with Gasteiger partial charge in [0.2, 0.25) is 0 Å². The van der Waals surface area contributed by atoms with E-state index in [9.17, 15) is 8.78 Å². The van der Waals surface area contributed by atoms with Gasteiger partial charge < -0.3 is 10.1 Å². The van der Waals surface area contributed by atoms with E-state index < -0.39 is 6.61 Å². The topological polar surface area (TPSA) is 34.1 Å². The first-order chi connectivity index (χ1) is 9.72. The predicted molar refractivity (Wildman–Crippen MR) is 72.1 cm³/mol. The lowest BCUT2D eigenvalue weighted by Crippen LogP contribution is -2.19. The highest BCUT2D eigenvalue weighted by Gasteiger charge is 2.25. The lowest BCUT2D eigenvalue weighted by molar-refractivity contribution is -0.0504. The van der Waals surface area contributed by atoms with Crippen molar-refractivity contribution < 1.29 is 13.5 Å². The van der Waals surface area contributed by atoms with E-state index in [0.717, 1.165) is 23.2 Å². The number of pyridine rings is 1. The zero-order chi connectivity index (χ0) is 13.9. The molecule has 1 aliphatic carbocycles. The van der Waals surface area contributed by atoms with Crippen LogP contribution >= 0.6 is 0 Å². The number of benzene rings is 1. The Morgan fingerprint density at radius 1 is 1.20 bits per heavy atom. The summed E-state index contributed by atoms with van der Waals surface area (Å²) < 4.78 is 29.4. The molecular formula is C15H14F2N2O. The third-order valence-electron chi connectivity index (χ3n) is 3.40. The monoisotopic (exact) mass is 276 g/mol. The van der Waals surface area contributed by atoms with Crippen molar-refractivity contribution in [3.8, 4) is 5.75 Å². The van der Waals surface area contributed by atoms with Crippen molar-refractivity contribution in [2.75, 3.05) is 5.32 Å². The minimum absolute atomic E-state index is 0.177. The highest BCUT2D eigenvalue weighted by Crippen LogP contribution is 2.32. The molecule has 0 fully saturated rings. The number of fused-ring (bicyclic) bond motifs is 1. The molecule has 0 bridgehead atoms. The fourth-order valence-electron chi connectivity index (χ4n) is 2.61. The summed E-state index contributed by atoms with van der Waals surface area (Å²) in [6.07, 6.45) is 4.93. The SMILES string of the molecule is FC(F)Oc1cccc2c1CC(Nc1cccnc1)C2. The van der Waals surface area contributed by atoms with Gasteiger partial charge in [-0.25, -0.2) is 0 Å². The molecule has 1 atom stereocenters. The van der Waals surface area contributed by atoms with Gasteiger partial charge in [0.25, 0.3) is 0 Å². The molecule has 1 aromatic carbocycles. The van der Waals surface area contributed by atoms with E-state index in [1.807, 2.05) is 18.2 Å². The number of anilines is 1. The predicted octanol–water partition coefficient (Wildman–Crippen LogP) is 3.26. The number of aromatic nitrogens is 1. The molecule has 20 heavy (non-hydrogen) atoms. The second kappa shape index (κ2) is 5.45. The van der Waals surface area contributed by atoms with E-state index in [2.05, 4.69) is 15.0 Å². The standard InChI is InChI=1S/C15H14F2N2O/c16-15(17)20-14-5-1-3-10-7-12(8-13(10)14)19-11-4-2-6-18-9-11/h1-6,9,12,15,19H,7-8H2. The summed E-state index contributed by atoms with van der Waals surface area (Å²) in [7, 11) is 0.